The third-order valence-electron chi connectivity index (χ3n) is 13.6. The average Bonchev–Trinajstić information content (AvgIpc) is 3.89. The summed E-state index contributed by atoms with van der Waals surface area (Å²) in [5.74, 6) is 1.68. The fourth-order valence-electron chi connectivity index (χ4n) is 11.1. The lowest BCUT2D eigenvalue weighted by Crippen LogP contribution is -2.36. The van der Waals surface area contributed by atoms with Gasteiger partial charge in [-0.15, -0.1) is 0 Å². The Morgan fingerprint density at radius 2 is 1.05 bits per heavy atom. The zero-order valence-corrected chi connectivity index (χ0v) is 34.0. The zero-order chi connectivity index (χ0) is 41.2. The predicted molar refractivity (Wildman–Crippen MR) is 258 cm³/mol. The first-order valence-corrected chi connectivity index (χ1v) is 21.6. The van der Waals surface area contributed by atoms with Crippen molar-refractivity contribution in [2.45, 2.75) is 5.41 Å². The number of benzene rings is 10. The van der Waals surface area contributed by atoms with Crippen LogP contribution in [0.4, 0.5) is 17.1 Å². The average molecular weight is 805 g/mol. The van der Waals surface area contributed by atoms with Crippen LogP contribution < -0.4 is 9.64 Å². The van der Waals surface area contributed by atoms with Crippen LogP contribution >= 0.6 is 0 Å². The lowest BCUT2D eigenvalue weighted by Gasteiger charge is -2.45. The lowest BCUT2D eigenvalue weighted by atomic mass is 9.58. The number of ether oxygens (including phenoxy) is 1. The van der Waals surface area contributed by atoms with Crippen LogP contribution in [0, 0.1) is 0 Å². The summed E-state index contributed by atoms with van der Waals surface area (Å²) in [5.41, 5.74) is 14.8. The quantitative estimate of drug-likeness (QED) is 0.178. The van der Waals surface area contributed by atoms with E-state index in [4.69, 9.17) is 9.15 Å². The maximum absolute atomic E-state index is 7.15. The first-order chi connectivity index (χ1) is 31.3. The largest absolute Gasteiger partial charge is 0.457 e. The minimum atomic E-state index is -0.631. The Morgan fingerprint density at radius 1 is 0.397 bits per heavy atom. The molecule has 294 valence electrons. The molecule has 1 spiro atoms. The molecule has 0 fully saturated rings. The van der Waals surface area contributed by atoms with E-state index >= 15 is 0 Å². The van der Waals surface area contributed by atoms with E-state index in [1.807, 2.05) is 6.07 Å². The molecule has 0 saturated carbocycles. The summed E-state index contributed by atoms with van der Waals surface area (Å²) in [6.45, 7) is 0. The second kappa shape index (κ2) is 12.8. The van der Waals surface area contributed by atoms with E-state index in [9.17, 15) is 0 Å². The topological polar surface area (TPSA) is 30.5 Å². The second-order valence-electron chi connectivity index (χ2n) is 16.8. The van der Waals surface area contributed by atoms with Crippen LogP contribution in [-0.4, -0.2) is 4.57 Å². The normalized spacial score (nSPS) is 14.9. The second-order valence-corrected chi connectivity index (χ2v) is 16.8. The van der Waals surface area contributed by atoms with Crippen LogP contribution in [0.15, 0.2) is 223 Å². The smallest absolute Gasteiger partial charge is 0.137 e. The van der Waals surface area contributed by atoms with Gasteiger partial charge in [0, 0.05) is 50.4 Å². The van der Waals surface area contributed by atoms with E-state index in [1.165, 1.54) is 49.3 Å². The van der Waals surface area contributed by atoms with Gasteiger partial charge in [0.1, 0.15) is 22.7 Å². The molecule has 0 radical (unpaired) electrons. The molecule has 1 aliphatic carbocycles. The lowest BCUT2D eigenvalue weighted by molar-refractivity contribution is 0.435. The van der Waals surface area contributed by atoms with Crippen molar-refractivity contribution in [1.29, 1.82) is 0 Å². The van der Waals surface area contributed by atoms with Gasteiger partial charge in [-0.25, -0.2) is 0 Å². The Bertz CT molecular complexity index is 3850. The van der Waals surface area contributed by atoms with Crippen molar-refractivity contribution in [3.63, 3.8) is 0 Å². The van der Waals surface area contributed by atoms with Crippen molar-refractivity contribution in [1.82, 2.24) is 4.57 Å². The van der Waals surface area contributed by atoms with E-state index in [2.05, 4.69) is 222 Å². The standard InChI is InChI=1S/C59H36N2O2/c1-2-17-38(18-3-1)61-50-26-9-5-20-42(50)43-33-31-39(35-52(43)61)60(51-27-14-30-55-58(51)45-21-6-10-28-53(45)62-55)40-32-34-48-56(36-40)63-54-29-11-8-24-47(54)59(48)46-23-7-4-19-41(46)44-22-12-15-37-16-13-25-49(59)57(37)44/h1-36H. The molecule has 1 atom stereocenters. The van der Waals surface area contributed by atoms with E-state index in [1.54, 1.807) is 0 Å². The first-order valence-electron chi connectivity index (χ1n) is 21.6. The number of nitrogens with zero attached hydrogens (tertiary/aromatic N) is 2. The van der Waals surface area contributed by atoms with Gasteiger partial charge in [0.15, 0.2) is 0 Å². The molecular weight excluding hydrogens is 769 g/mol. The molecule has 3 heterocycles. The van der Waals surface area contributed by atoms with Crippen molar-refractivity contribution in [3.05, 3.63) is 241 Å². The summed E-state index contributed by atoms with van der Waals surface area (Å²) in [4.78, 5) is 2.39. The summed E-state index contributed by atoms with van der Waals surface area (Å²) >= 11 is 0. The van der Waals surface area contributed by atoms with Crippen LogP contribution in [-0.2, 0) is 5.41 Å². The van der Waals surface area contributed by atoms with E-state index < -0.39 is 5.41 Å². The number of furan rings is 1. The van der Waals surface area contributed by atoms with Gasteiger partial charge in [0.05, 0.1) is 27.5 Å². The van der Waals surface area contributed by atoms with Gasteiger partial charge in [-0.1, -0.05) is 152 Å². The monoisotopic (exact) mass is 804 g/mol. The van der Waals surface area contributed by atoms with Crippen LogP contribution in [0.3, 0.4) is 0 Å². The highest BCUT2D eigenvalue weighted by Crippen LogP contribution is 2.62. The highest BCUT2D eigenvalue weighted by molar-refractivity contribution is 6.15. The number of anilines is 3. The Balaban J connectivity index is 1.07. The fraction of sp³-hybridized carbons (Fsp3) is 0.0169. The van der Waals surface area contributed by atoms with Gasteiger partial charge in [0.2, 0.25) is 0 Å². The molecule has 4 nitrogen and oxygen atoms in total. The highest BCUT2D eigenvalue weighted by atomic mass is 16.5. The van der Waals surface area contributed by atoms with Crippen molar-refractivity contribution < 1.29 is 9.15 Å². The van der Waals surface area contributed by atoms with Crippen LogP contribution in [0.2, 0.25) is 0 Å². The zero-order valence-electron chi connectivity index (χ0n) is 34.0. The minimum Gasteiger partial charge on any atom is -0.457 e. The fourth-order valence-corrected chi connectivity index (χ4v) is 11.1. The van der Waals surface area contributed by atoms with Crippen molar-refractivity contribution in [2.75, 3.05) is 4.90 Å². The van der Waals surface area contributed by atoms with Gasteiger partial charge in [0.25, 0.3) is 0 Å². The van der Waals surface area contributed by atoms with Crippen LogP contribution in [0.1, 0.15) is 22.3 Å². The highest BCUT2D eigenvalue weighted by Gasteiger charge is 2.49. The predicted octanol–water partition coefficient (Wildman–Crippen LogP) is 15.8. The molecule has 0 N–H and O–H groups in total. The summed E-state index contributed by atoms with van der Waals surface area (Å²) in [6, 6.07) is 78.9. The number of hydrogen-bond donors (Lipinski definition) is 0. The number of hydrogen-bond acceptors (Lipinski definition) is 3. The molecule has 10 aromatic carbocycles. The molecule has 0 bridgehead atoms. The number of fused-ring (bicyclic) bond motifs is 14. The third-order valence-corrected chi connectivity index (χ3v) is 13.6. The Kier molecular flexibility index (Phi) is 7.01. The van der Waals surface area contributed by atoms with Gasteiger partial charge < -0.3 is 18.6 Å². The van der Waals surface area contributed by atoms with E-state index in [0.717, 1.165) is 72.8 Å². The molecule has 2 aromatic heterocycles. The van der Waals surface area contributed by atoms with Gasteiger partial charge >= 0.3 is 0 Å². The Labute approximate surface area is 363 Å². The number of rotatable bonds is 4. The molecule has 14 rings (SSSR count). The molecule has 1 unspecified atom stereocenters. The third kappa shape index (κ3) is 4.64. The van der Waals surface area contributed by atoms with Gasteiger partial charge in [-0.3, -0.25) is 0 Å². The maximum atomic E-state index is 7.15. The summed E-state index contributed by atoms with van der Waals surface area (Å²) in [6.07, 6.45) is 0. The Morgan fingerprint density at radius 3 is 1.97 bits per heavy atom. The summed E-state index contributed by atoms with van der Waals surface area (Å²) in [7, 11) is 0. The van der Waals surface area contributed by atoms with Gasteiger partial charge in [-0.2, -0.15) is 0 Å². The molecule has 12 aromatic rings. The molecule has 0 amide bonds. The van der Waals surface area contributed by atoms with E-state index in [-0.39, 0.29) is 0 Å². The van der Waals surface area contributed by atoms with Crippen LogP contribution in [0.25, 0.3) is 71.3 Å². The summed E-state index contributed by atoms with van der Waals surface area (Å²) in [5, 5.41) is 7.06. The van der Waals surface area contributed by atoms with Crippen molar-refractivity contribution in [3.8, 4) is 28.3 Å². The van der Waals surface area contributed by atoms with Crippen LogP contribution in [0.5, 0.6) is 11.5 Å². The molecular formula is C59H36N2O2. The molecule has 1 aliphatic heterocycles. The number of para-hydroxylation sites is 4. The maximum Gasteiger partial charge on any atom is 0.137 e. The Hall–Kier alpha value is -8.34. The minimum absolute atomic E-state index is 0.631. The molecule has 4 heteroatoms. The van der Waals surface area contributed by atoms with Crippen molar-refractivity contribution in [2.24, 2.45) is 0 Å². The molecule has 63 heavy (non-hydrogen) atoms. The SMILES string of the molecule is c1ccc(-n2c3ccccc3c3ccc(N(c4ccc5c(c4)Oc4ccccc4C54c5ccccc5-c5cccc6cccc4c56)c4cccc5oc6ccccc6c45)cc32)cc1. The van der Waals surface area contributed by atoms with E-state index in [0.29, 0.717) is 0 Å². The van der Waals surface area contributed by atoms with Crippen molar-refractivity contribution >= 4 is 71.6 Å². The summed E-state index contributed by atoms with van der Waals surface area (Å²) < 4.78 is 16.1. The first kappa shape index (κ1) is 34.4. The number of aromatic nitrogens is 1. The van der Waals surface area contributed by atoms with Gasteiger partial charge in [-0.05, 0) is 93.7 Å². The molecule has 0 saturated heterocycles. The molecule has 2 aliphatic rings.